The van der Waals surface area contributed by atoms with Crippen molar-refractivity contribution in [2.45, 2.75) is 6.92 Å². The van der Waals surface area contributed by atoms with Gasteiger partial charge in [0, 0.05) is 5.57 Å². The van der Waals surface area contributed by atoms with Gasteiger partial charge in [-0.05, 0) is 6.92 Å². The maximum absolute atomic E-state index is 10.6. The SMILES string of the molecule is C=C(C)C(=O)O/C=C/OS(=O)(=O)O. The summed E-state index contributed by atoms with van der Waals surface area (Å²) in [7, 11) is -4.54. The van der Waals surface area contributed by atoms with E-state index >= 15 is 0 Å². The second-order valence-electron chi connectivity index (χ2n) is 1.98. The van der Waals surface area contributed by atoms with Gasteiger partial charge >= 0.3 is 16.4 Å². The van der Waals surface area contributed by atoms with E-state index in [4.69, 9.17) is 4.55 Å². The quantitative estimate of drug-likeness (QED) is 0.311. The molecule has 0 aliphatic carbocycles. The lowest BCUT2D eigenvalue weighted by Crippen LogP contribution is -2.01. The Kier molecular flexibility index (Phi) is 4.15. The van der Waals surface area contributed by atoms with E-state index in [0.717, 1.165) is 0 Å². The van der Waals surface area contributed by atoms with E-state index in [1.54, 1.807) is 0 Å². The highest BCUT2D eigenvalue weighted by Crippen LogP contribution is 1.93. The van der Waals surface area contributed by atoms with Crippen molar-refractivity contribution in [2.75, 3.05) is 0 Å². The molecule has 0 fully saturated rings. The molecule has 0 aliphatic heterocycles. The van der Waals surface area contributed by atoms with Crippen molar-refractivity contribution in [3.63, 3.8) is 0 Å². The van der Waals surface area contributed by atoms with Gasteiger partial charge in [-0.25, -0.2) is 4.79 Å². The van der Waals surface area contributed by atoms with Crippen LogP contribution < -0.4 is 0 Å². The topological polar surface area (TPSA) is 89.9 Å². The first-order chi connectivity index (χ1) is 5.83. The molecule has 0 aromatic carbocycles. The molecule has 0 spiro atoms. The van der Waals surface area contributed by atoms with Crippen molar-refractivity contribution in [3.8, 4) is 0 Å². The van der Waals surface area contributed by atoms with Crippen LogP contribution >= 0.6 is 0 Å². The molecule has 0 aromatic heterocycles. The van der Waals surface area contributed by atoms with Crippen LogP contribution in [0.25, 0.3) is 0 Å². The Labute approximate surface area is 75.4 Å². The zero-order chi connectivity index (χ0) is 10.5. The summed E-state index contributed by atoms with van der Waals surface area (Å²) in [5, 5.41) is 0. The van der Waals surface area contributed by atoms with Crippen LogP contribution in [0.1, 0.15) is 6.92 Å². The van der Waals surface area contributed by atoms with Gasteiger partial charge in [0.1, 0.15) is 12.5 Å². The van der Waals surface area contributed by atoms with Crippen molar-refractivity contribution in [2.24, 2.45) is 0 Å². The van der Waals surface area contributed by atoms with Crippen molar-refractivity contribution in [1.29, 1.82) is 0 Å². The second-order valence-corrected chi connectivity index (χ2v) is 3.03. The van der Waals surface area contributed by atoms with Crippen LogP contribution in [0.5, 0.6) is 0 Å². The summed E-state index contributed by atoms with van der Waals surface area (Å²) in [5.41, 5.74) is 0.150. The first kappa shape index (κ1) is 11.7. The molecule has 0 unspecified atom stereocenters. The normalized spacial score (nSPS) is 11.2. The van der Waals surface area contributed by atoms with Gasteiger partial charge in [0.2, 0.25) is 0 Å². The van der Waals surface area contributed by atoms with Crippen LogP contribution in [-0.2, 0) is 24.1 Å². The Morgan fingerprint density at radius 1 is 1.46 bits per heavy atom. The van der Waals surface area contributed by atoms with Gasteiger partial charge in [-0.1, -0.05) is 6.58 Å². The first-order valence-electron chi connectivity index (χ1n) is 3.00. The molecule has 1 N–H and O–H groups in total. The maximum Gasteiger partial charge on any atom is 0.446 e. The highest BCUT2D eigenvalue weighted by Gasteiger charge is 2.01. The minimum Gasteiger partial charge on any atom is -0.428 e. The van der Waals surface area contributed by atoms with E-state index in [1.165, 1.54) is 6.92 Å². The van der Waals surface area contributed by atoms with Gasteiger partial charge in [-0.2, -0.15) is 8.42 Å². The van der Waals surface area contributed by atoms with Crippen molar-refractivity contribution >= 4 is 16.4 Å². The Morgan fingerprint density at radius 3 is 2.38 bits per heavy atom. The fourth-order valence-corrected chi connectivity index (χ4v) is 0.469. The Balaban J connectivity index is 3.91. The molecule has 0 saturated carbocycles. The van der Waals surface area contributed by atoms with Crippen molar-refractivity contribution < 1.29 is 26.7 Å². The van der Waals surface area contributed by atoms with Crippen LogP contribution in [0, 0.1) is 0 Å². The molecule has 0 bridgehead atoms. The third-order valence-electron chi connectivity index (χ3n) is 0.756. The van der Waals surface area contributed by atoms with E-state index in [1.807, 2.05) is 0 Å². The molecule has 7 heteroatoms. The predicted octanol–water partition coefficient (Wildman–Crippen LogP) is 0.396. The van der Waals surface area contributed by atoms with E-state index in [0.29, 0.717) is 12.5 Å². The molecule has 0 aliphatic rings. The molecule has 0 amide bonds. The average molecular weight is 208 g/mol. The third-order valence-corrected chi connectivity index (χ3v) is 1.11. The summed E-state index contributed by atoms with van der Waals surface area (Å²) in [6.45, 7) is 4.68. The zero-order valence-electron chi connectivity index (χ0n) is 6.76. The van der Waals surface area contributed by atoms with Crippen molar-refractivity contribution in [1.82, 2.24) is 0 Å². The van der Waals surface area contributed by atoms with Crippen LogP contribution in [0.3, 0.4) is 0 Å². The van der Waals surface area contributed by atoms with Gasteiger partial charge in [0.25, 0.3) is 0 Å². The lowest BCUT2D eigenvalue weighted by molar-refractivity contribution is -0.133. The minimum absolute atomic E-state index is 0.150. The lowest BCUT2D eigenvalue weighted by atomic mass is 10.4. The number of hydrogen-bond acceptors (Lipinski definition) is 5. The second kappa shape index (κ2) is 4.63. The third kappa shape index (κ3) is 7.04. The van der Waals surface area contributed by atoms with E-state index in [2.05, 4.69) is 15.5 Å². The highest BCUT2D eigenvalue weighted by atomic mass is 32.3. The van der Waals surface area contributed by atoms with Gasteiger partial charge in [0.15, 0.2) is 0 Å². The number of ether oxygens (including phenoxy) is 1. The van der Waals surface area contributed by atoms with Crippen LogP contribution in [-0.4, -0.2) is 18.9 Å². The van der Waals surface area contributed by atoms with E-state index < -0.39 is 16.4 Å². The summed E-state index contributed by atoms with van der Waals surface area (Å²) in [6, 6.07) is 0. The Morgan fingerprint density at radius 2 is 2.00 bits per heavy atom. The Hall–Kier alpha value is -1.34. The minimum atomic E-state index is -4.54. The number of esters is 1. The summed E-state index contributed by atoms with van der Waals surface area (Å²) >= 11 is 0. The van der Waals surface area contributed by atoms with Gasteiger partial charge in [0.05, 0.1) is 0 Å². The van der Waals surface area contributed by atoms with Crippen molar-refractivity contribution in [3.05, 3.63) is 24.7 Å². The number of hydrogen-bond donors (Lipinski definition) is 1. The van der Waals surface area contributed by atoms with Gasteiger partial charge in [-0.15, -0.1) is 0 Å². The largest absolute Gasteiger partial charge is 0.446 e. The fraction of sp³-hybridized carbons (Fsp3) is 0.167. The van der Waals surface area contributed by atoms with E-state index in [-0.39, 0.29) is 5.57 Å². The summed E-state index contributed by atoms with van der Waals surface area (Å²) in [5.74, 6) is -0.727. The molecule has 0 saturated heterocycles. The summed E-state index contributed by atoms with van der Waals surface area (Å²) in [6.07, 6.45) is 1.18. The smallest absolute Gasteiger partial charge is 0.428 e. The zero-order valence-corrected chi connectivity index (χ0v) is 7.58. The van der Waals surface area contributed by atoms with Crippen LogP contribution in [0.15, 0.2) is 24.7 Å². The highest BCUT2D eigenvalue weighted by molar-refractivity contribution is 7.81. The predicted molar refractivity (Wildman–Crippen MR) is 42.7 cm³/mol. The molecule has 0 heterocycles. The number of rotatable bonds is 4. The molecule has 0 atom stereocenters. The van der Waals surface area contributed by atoms with Gasteiger partial charge in [-0.3, -0.25) is 4.55 Å². The molecule has 13 heavy (non-hydrogen) atoms. The first-order valence-corrected chi connectivity index (χ1v) is 4.36. The molecule has 6 nitrogen and oxygen atoms in total. The van der Waals surface area contributed by atoms with Crippen LogP contribution in [0.2, 0.25) is 0 Å². The van der Waals surface area contributed by atoms with E-state index in [9.17, 15) is 13.2 Å². The molecular formula is C6H8O6S. The standard InChI is InChI=1S/C6H8O6S/c1-5(2)6(7)11-3-4-12-13(8,9)10/h3-4H,1H2,2H3,(H,8,9,10)/b4-3+. The maximum atomic E-state index is 10.6. The molecule has 0 radical (unpaired) electrons. The molecule has 74 valence electrons. The van der Waals surface area contributed by atoms with Crippen LogP contribution in [0.4, 0.5) is 0 Å². The molecular weight excluding hydrogens is 200 g/mol. The summed E-state index contributed by atoms with van der Waals surface area (Å²) < 4.78 is 35.9. The molecule has 0 aromatic rings. The Bertz CT molecular complexity index is 325. The number of carbonyl (C=O) groups is 1. The number of carbonyl (C=O) groups excluding carboxylic acids is 1. The summed E-state index contributed by atoms with van der Waals surface area (Å²) in [4.78, 5) is 10.6. The lowest BCUT2D eigenvalue weighted by Gasteiger charge is -1.95. The van der Waals surface area contributed by atoms with Gasteiger partial charge < -0.3 is 8.92 Å². The average Bonchev–Trinajstić information content (AvgIpc) is 1.95. The fourth-order valence-electron chi connectivity index (χ4n) is 0.283. The molecule has 0 rings (SSSR count). The monoisotopic (exact) mass is 208 g/mol.